The van der Waals surface area contributed by atoms with Crippen LogP contribution in [0.15, 0.2) is 23.1 Å². The summed E-state index contributed by atoms with van der Waals surface area (Å²) >= 11 is 0. The SMILES string of the molecule is CCC(c1ccc(S(N)(=O)=O)cc1F)C(C)N. The molecule has 4 nitrogen and oxygen atoms in total. The van der Waals surface area contributed by atoms with Crippen LogP contribution in [-0.4, -0.2) is 14.5 Å². The lowest BCUT2D eigenvalue weighted by Gasteiger charge is -2.20. The van der Waals surface area contributed by atoms with Gasteiger partial charge in [0.1, 0.15) is 5.82 Å². The number of hydrogen-bond donors (Lipinski definition) is 2. The Bertz CT molecular complexity index is 500. The molecule has 1 rings (SSSR count). The van der Waals surface area contributed by atoms with E-state index in [1.807, 2.05) is 6.92 Å². The van der Waals surface area contributed by atoms with Gasteiger partial charge in [0.15, 0.2) is 0 Å². The Labute approximate surface area is 101 Å². The molecular weight excluding hydrogens is 243 g/mol. The van der Waals surface area contributed by atoms with E-state index in [1.165, 1.54) is 12.1 Å². The second-order valence-corrected chi connectivity index (χ2v) is 5.66. The van der Waals surface area contributed by atoms with Crippen molar-refractivity contribution >= 4 is 10.0 Å². The molecular formula is C11H17FN2O2S. The topological polar surface area (TPSA) is 86.2 Å². The molecule has 0 bridgehead atoms. The van der Waals surface area contributed by atoms with Crippen LogP contribution >= 0.6 is 0 Å². The van der Waals surface area contributed by atoms with E-state index < -0.39 is 15.8 Å². The molecule has 1 aromatic rings. The normalized spacial score (nSPS) is 15.6. The summed E-state index contributed by atoms with van der Waals surface area (Å²) in [5, 5.41) is 4.92. The second kappa shape index (κ2) is 5.12. The van der Waals surface area contributed by atoms with Crippen LogP contribution in [0.2, 0.25) is 0 Å². The van der Waals surface area contributed by atoms with Crippen LogP contribution in [0.1, 0.15) is 31.7 Å². The molecule has 0 aliphatic rings. The Kier molecular flexibility index (Phi) is 4.24. The van der Waals surface area contributed by atoms with Gasteiger partial charge in [-0.25, -0.2) is 17.9 Å². The fourth-order valence-electron chi connectivity index (χ4n) is 1.86. The molecule has 2 unspecified atom stereocenters. The average molecular weight is 260 g/mol. The van der Waals surface area contributed by atoms with E-state index in [0.29, 0.717) is 12.0 Å². The van der Waals surface area contributed by atoms with Crippen molar-refractivity contribution in [1.29, 1.82) is 0 Å². The summed E-state index contributed by atoms with van der Waals surface area (Å²) < 4.78 is 35.9. The summed E-state index contributed by atoms with van der Waals surface area (Å²) in [5.74, 6) is -0.717. The quantitative estimate of drug-likeness (QED) is 0.855. The lowest BCUT2D eigenvalue weighted by molar-refractivity contribution is 0.510. The maximum atomic E-state index is 13.8. The predicted octanol–water partition coefficient (Wildman–Crippen LogP) is 1.31. The molecule has 0 aliphatic carbocycles. The van der Waals surface area contributed by atoms with Gasteiger partial charge in [-0.1, -0.05) is 13.0 Å². The van der Waals surface area contributed by atoms with E-state index in [4.69, 9.17) is 10.9 Å². The molecule has 0 aliphatic heterocycles. The predicted molar refractivity (Wildman–Crippen MR) is 64.5 cm³/mol. The Morgan fingerprint density at radius 3 is 2.35 bits per heavy atom. The molecule has 2 atom stereocenters. The molecule has 96 valence electrons. The molecule has 4 N–H and O–H groups in total. The van der Waals surface area contributed by atoms with Crippen LogP contribution in [0, 0.1) is 5.82 Å². The van der Waals surface area contributed by atoms with Crippen molar-refractivity contribution in [3.8, 4) is 0 Å². The minimum absolute atomic E-state index is 0.135. The maximum Gasteiger partial charge on any atom is 0.238 e. The molecule has 0 amide bonds. The second-order valence-electron chi connectivity index (χ2n) is 4.10. The highest BCUT2D eigenvalue weighted by Gasteiger charge is 2.19. The minimum atomic E-state index is -3.87. The number of nitrogens with two attached hydrogens (primary N) is 2. The molecule has 0 heterocycles. The standard InChI is InChI=1S/C11H17FN2O2S/c1-3-9(7(2)13)10-5-4-8(6-11(10)12)17(14,15)16/h4-7,9H,3,13H2,1-2H3,(H2,14,15,16). The van der Waals surface area contributed by atoms with E-state index in [-0.39, 0.29) is 16.9 Å². The molecule has 0 aromatic heterocycles. The summed E-state index contributed by atoms with van der Waals surface area (Å²) in [4.78, 5) is -0.224. The van der Waals surface area contributed by atoms with E-state index in [2.05, 4.69) is 0 Å². The van der Waals surface area contributed by atoms with E-state index in [9.17, 15) is 12.8 Å². The molecule has 1 aromatic carbocycles. The van der Waals surface area contributed by atoms with Crippen LogP contribution < -0.4 is 10.9 Å². The van der Waals surface area contributed by atoms with Gasteiger partial charge in [-0.05, 0) is 31.0 Å². The van der Waals surface area contributed by atoms with Crippen LogP contribution in [0.3, 0.4) is 0 Å². The number of sulfonamides is 1. The van der Waals surface area contributed by atoms with E-state index in [0.717, 1.165) is 6.07 Å². The van der Waals surface area contributed by atoms with Crippen LogP contribution in [-0.2, 0) is 10.0 Å². The number of benzene rings is 1. The molecule has 0 fully saturated rings. The maximum absolute atomic E-state index is 13.8. The number of primary sulfonamides is 1. The van der Waals surface area contributed by atoms with Crippen molar-refractivity contribution < 1.29 is 12.8 Å². The summed E-state index contributed by atoms with van der Waals surface area (Å²) in [7, 11) is -3.87. The zero-order chi connectivity index (χ0) is 13.2. The van der Waals surface area contributed by atoms with Crippen molar-refractivity contribution in [1.82, 2.24) is 0 Å². The first-order valence-corrected chi connectivity index (χ1v) is 6.89. The third-order valence-electron chi connectivity index (χ3n) is 2.77. The first-order chi connectivity index (χ1) is 7.77. The van der Waals surface area contributed by atoms with Gasteiger partial charge in [0, 0.05) is 12.0 Å². The van der Waals surface area contributed by atoms with Gasteiger partial charge in [0.25, 0.3) is 0 Å². The number of hydrogen-bond acceptors (Lipinski definition) is 3. The monoisotopic (exact) mass is 260 g/mol. The highest BCUT2D eigenvalue weighted by atomic mass is 32.2. The summed E-state index contributed by atoms with van der Waals surface area (Å²) in [6.07, 6.45) is 0.684. The molecule has 0 saturated heterocycles. The van der Waals surface area contributed by atoms with Gasteiger partial charge in [-0.2, -0.15) is 0 Å². The van der Waals surface area contributed by atoms with Gasteiger partial charge in [0.2, 0.25) is 10.0 Å². The van der Waals surface area contributed by atoms with Crippen molar-refractivity contribution in [3.63, 3.8) is 0 Å². The molecule has 0 saturated carbocycles. The summed E-state index contributed by atoms with van der Waals surface area (Å²) in [6, 6.07) is 3.48. The Morgan fingerprint density at radius 1 is 1.41 bits per heavy atom. The minimum Gasteiger partial charge on any atom is -0.327 e. The zero-order valence-electron chi connectivity index (χ0n) is 9.85. The fraction of sp³-hybridized carbons (Fsp3) is 0.455. The highest BCUT2D eigenvalue weighted by molar-refractivity contribution is 7.89. The first-order valence-electron chi connectivity index (χ1n) is 5.35. The largest absolute Gasteiger partial charge is 0.327 e. The van der Waals surface area contributed by atoms with Crippen LogP contribution in [0.4, 0.5) is 4.39 Å². The molecule has 0 radical (unpaired) electrons. The Morgan fingerprint density at radius 2 is 2.00 bits per heavy atom. The van der Waals surface area contributed by atoms with E-state index in [1.54, 1.807) is 6.92 Å². The third-order valence-corrected chi connectivity index (χ3v) is 3.69. The number of halogens is 1. The smallest absolute Gasteiger partial charge is 0.238 e. The molecule has 17 heavy (non-hydrogen) atoms. The fourth-order valence-corrected chi connectivity index (χ4v) is 2.39. The summed E-state index contributed by atoms with van der Waals surface area (Å²) in [6.45, 7) is 3.70. The Hall–Kier alpha value is -0.980. The molecule has 6 heteroatoms. The van der Waals surface area contributed by atoms with Crippen molar-refractivity contribution in [2.24, 2.45) is 10.9 Å². The average Bonchev–Trinajstić information content (AvgIpc) is 2.19. The van der Waals surface area contributed by atoms with Gasteiger partial charge in [-0.3, -0.25) is 0 Å². The first kappa shape index (κ1) is 14.1. The zero-order valence-corrected chi connectivity index (χ0v) is 10.7. The van der Waals surface area contributed by atoms with Crippen molar-refractivity contribution in [2.75, 3.05) is 0 Å². The van der Waals surface area contributed by atoms with Gasteiger partial charge in [0.05, 0.1) is 4.90 Å². The van der Waals surface area contributed by atoms with Crippen LogP contribution in [0.5, 0.6) is 0 Å². The van der Waals surface area contributed by atoms with Crippen molar-refractivity contribution in [3.05, 3.63) is 29.6 Å². The van der Waals surface area contributed by atoms with Gasteiger partial charge in [-0.15, -0.1) is 0 Å². The van der Waals surface area contributed by atoms with Crippen LogP contribution in [0.25, 0.3) is 0 Å². The Balaban J connectivity index is 3.22. The third kappa shape index (κ3) is 3.24. The molecule has 0 spiro atoms. The lowest BCUT2D eigenvalue weighted by atomic mass is 9.90. The lowest BCUT2D eigenvalue weighted by Crippen LogP contribution is -2.25. The van der Waals surface area contributed by atoms with Gasteiger partial charge >= 0.3 is 0 Å². The van der Waals surface area contributed by atoms with Crippen molar-refractivity contribution in [2.45, 2.75) is 37.1 Å². The van der Waals surface area contributed by atoms with E-state index >= 15 is 0 Å². The summed E-state index contributed by atoms with van der Waals surface area (Å²) in [5.41, 5.74) is 6.19. The highest BCUT2D eigenvalue weighted by Crippen LogP contribution is 2.26. The van der Waals surface area contributed by atoms with Gasteiger partial charge < -0.3 is 5.73 Å². The number of rotatable bonds is 4.